The average Bonchev–Trinajstić information content (AvgIpc) is 2.36. The summed E-state index contributed by atoms with van der Waals surface area (Å²) in [6.45, 7) is 10.8. The molecule has 1 aliphatic rings. The van der Waals surface area contributed by atoms with Crippen LogP contribution in [0, 0.1) is 5.92 Å². The second kappa shape index (κ2) is 8.13. The second-order valence-corrected chi connectivity index (χ2v) is 8.70. The third-order valence-electron chi connectivity index (χ3n) is 3.60. The minimum absolute atomic E-state index is 0.163. The molecule has 1 amide bonds. The summed E-state index contributed by atoms with van der Waals surface area (Å²) in [6.07, 6.45) is 3.66. The minimum Gasteiger partial charge on any atom is -0.444 e. The summed E-state index contributed by atoms with van der Waals surface area (Å²) in [6, 6.07) is 0. The third kappa shape index (κ3) is 7.27. The van der Waals surface area contributed by atoms with Crippen LogP contribution in [0.15, 0.2) is 0 Å². The first-order chi connectivity index (χ1) is 9.69. The topological polar surface area (TPSA) is 58.6 Å². The molecular weight excluding hydrogens is 288 g/mol. The standard InChI is InChI=1S/C15H30N2O3S/c1-12(21(5)19)9-16-10-13-7-6-8-17(11-13)14(18)20-15(2,3)4/h12-13,16H,6-11H2,1-5H3. The van der Waals surface area contributed by atoms with Gasteiger partial charge in [0.25, 0.3) is 0 Å². The lowest BCUT2D eigenvalue weighted by molar-refractivity contribution is 0.0166. The summed E-state index contributed by atoms with van der Waals surface area (Å²) >= 11 is 0. The maximum Gasteiger partial charge on any atom is 0.410 e. The molecule has 5 nitrogen and oxygen atoms in total. The van der Waals surface area contributed by atoms with Gasteiger partial charge in [-0.3, -0.25) is 4.21 Å². The third-order valence-corrected chi connectivity index (χ3v) is 4.90. The van der Waals surface area contributed by atoms with Crippen molar-refractivity contribution in [2.45, 2.75) is 51.4 Å². The quantitative estimate of drug-likeness (QED) is 0.842. The molecule has 0 bridgehead atoms. The zero-order valence-corrected chi connectivity index (χ0v) is 14.8. The van der Waals surface area contributed by atoms with E-state index in [4.69, 9.17) is 4.74 Å². The van der Waals surface area contributed by atoms with Crippen molar-refractivity contribution in [3.63, 3.8) is 0 Å². The van der Waals surface area contributed by atoms with Crippen molar-refractivity contribution in [3.8, 4) is 0 Å². The number of carbonyl (C=O) groups excluding carboxylic acids is 1. The predicted molar refractivity (Wildman–Crippen MR) is 86.9 cm³/mol. The van der Waals surface area contributed by atoms with E-state index in [2.05, 4.69) is 5.32 Å². The first kappa shape index (κ1) is 18.4. The van der Waals surface area contributed by atoms with Crippen LogP contribution < -0.4 is 5.32 Å². The summed E-state index contributed by atoms with van der Waals surface area (Å²) in [5.41, 5.74) is -0.442. The van der Waals surface area contributed by atoms with Crippen molar-refractivity contribution in [2.75, 3.05) is 32.4 Å². The van der Waals surface area contributed by atoms with Crippen LogP contribution in [-0.4, -0.2) is 58.5 Å². The monoisotopic (exact) mass is 318 g/mol. The predicted octanol–water partition coefficient (Wildman–Crippen LogP) is 1.99. The van der Waals surface area contributed by atoms with Crippen molar-refractivity contribution in [3.05, 3.63) is 0 Å². The first-order valence-corrected chi connectivity index (χ1v) is 9.32. The highest BCUT2D eigenvalue weighted by Crippen LogP contribution is 2.18. The van der Waals surface area contributed by atoms with E-state index >= 15 is 0 Å². The molecule has 1 N–H and O–H groups in total. The number of likely N-dealkylation sites (tertiary alicyclic amines) is 1. The summed E-state index contributed by atoms with van der Waals surface area (Å²) < 4.78 is 16.7. The Morgan fingerprint density at radius 2 is 2.14 bits per heavy atom. The highest BCUT2D eigenvalue weighted by atomic mass is 32.2. The molecule has 1 fully saturated rings. The number of hydrogen-bond acceptors (Lipinski definition) is 4. The molecule has 3 atom stereocenters. The van der Waals surface area contributed by atoms with Gasteiger partial charge in [0.15, 0.2) is 0 Å². The van der Waals surface area contributed by atoms with E-state index in [-0.39, 0.29) is 11.3 Å². The van der Waals surface area contributed by atoms with Crippen LogP contribution in [0.1, 0.15) is 40.5 Å². The lowest BCUT2D eigenvalue weighted by Crippen LogP contribution is -2.45. The van der Waals surface area contributed by atoms with Gasteiger partial charge in [0, 0.05) is 41.9 Å². The van der Waals surface area contributed by atoms with Crippen molar-refractivity contribution in [2.24, 2.45) is 5.92 Å². The Morgan fingerprint density at radius 1 is 1.48 bits per heavy atom. The molecule has 0 saturated carbocycles. The average molecular weight is 318 g/mol. The number of hydrogen-bond donors (Lipinski definition) is 1. The SMILES string of the molecule is CC(CNCC1CCCN(C(=O)OC(C)(C)C)C1)S(C)=O. The summed E-state index contributed by atoms with van der Waals surface area (Å²) in [7, 11) is -0.790. The van der Waals surface area contributed by atoms with Crippen LogP contribution in [-0.2, 0) is 15.5 Å². The largest absolute Gasteiger partial charge is 0.444 e. The van der Waals surface area contributed by atoms with Crippen LogP contribution in [0.4, 0.5) is 4.79 Å². The van der Waals surface area contributed by atoms with Crippen LogP contribution in [0.5, 0.6) is 0 Å². The van der Waals surface area contributed by atoms with Crippen LogP contribution in [0.2, 0.25) is 0 Å². The van der Waals surface area contributed by atoms with Gasteiger partial charge < -0.3 is 15.0 Å². The van der Waals surface area contributed by atoms with Gasteiger partial charge in [0.1, 0.15) is 5.60 Å². The van der Waals surface area contributed by atoms with E-state index in [1.54, 1.807) is 6.26 Å². The number of rotatable bonds is 5. The van der Waals surface area contributed by atoms with Gasteiger partial charge in [-0.1, -0.05) is 0 Å². The molecule has 124 valence electrons. The maximum atomic E-state index is 12.1. The zero-order valence-electron chi connectivity index (χ0n) is 14.0. The Labute approximate surface area is 131 Å². The van der Waals surface area contributed by atoms with Gasteiger partial charge in [-0.05, 0) is 53.0 Å². The van der Waals surface area contributed by atoms with Gasteiger partial charge in [-0.25, -0.2) is 4.79 Å². The lowest BCUT2D eigenvalue weighted by Gasteiger charge is -2.34. The van der Waals surface area contributed by atoms with E-state index in [0.29, 0.717) is 5.92 Å². The maximum absolute atomic E-state index is 12.1. The molecule has 1 rings (SSSR count). The van der Waals surface area contributed by atoms with E-state index in [1.165, 1.54) is 0 Å². The summed E-state index contributed by atoms with van der Waals surface area (Å²) in [5.74, 6) is 0.448. The fourth-order valence-electron chi connectivity index (χ4n) is 2.33. The number of piperidine rings is 1. The van der Waals surface area contributed by atoms with E-state index in [9.17, 15) is 9.00 Å². The highest BCUT2D eigenvalue weighted by molar-refractivity contribution is 7.84. The molecule has 0 spiro atoms. The first-order valence-electron chi connectivity index (χ1n) is 7.70. The Morgan fingerprint density at radius 3 is 2.71 bits per heavy atom. The van der Waals surface area contributed by atoms with Crippen molar-refractivity contribution >= 4 is 16.9 Å². The molecule has 1 aliphatic heterocycles. The highest BCUT2D eigenvalue weighted by Gasteiger charge is 2.27. The van der Waals surface area contributed by atoms with Gasteiger partial charge in [-0.2, -0.15) is 0 Å². The molecule has 6 heteroatoms. The van der Waals surface area contributed by atoms with E-state index in [1.807, 2.05) is 32.6 Å². The molecule has 21 heavy (non-hydrogen) atoms. The molecule has 0 aromatic heterocycles. The molecule has 1 heterocycles. The van der Waals surface area contributed by atoms with Gasteiger partial charge in [0.2, 0.25) is 0 Å². The fraction of sp³-hybridized carbons (Fsp3) is 0.933. The fourth-order valence-corrected chi connectivity index (χ4v) is 2.68. The molecule has 0 aliphatic carbocycles. The Kier molecular flexibility index (Phi) is 7.13. The van der Waals surface area contributed by atoms with Gasteiger partial charge in [0.05, 0.1) is 0 Å². The molecular formula is C15H30N2O3S. The molecule has 0 aromatic rings. The normalized spacial score (nSPS) is 22.7. The number of ether oxygens (including phenoxy) is 1. The van der Waals surface area contributed by atoms with Gasteiger partial charge >= 0.3 is 6.09 Å². The van der Waals surface area contributed by atoms with Crippen LogP contribution >= 0.6 is 0 Å². The van der Waals surface area contributed by atoms with E-state index in [0.717, 1.165) is 39.0 Å². The Balaban J connectivity index is 2.35. The Bertz CT molecular complexity index is 368. The van der Waals surface area contributed by atoms with Crippen molar-refractivity contribution in [1.82, 2.24) is 10.2 Å². The number of amides is 1. The minimum atomic E-state index is -0.790. The van der Waals surface area contributed by atoms with Crippen LogP contribution in [0.25, 0.3) is 0 Å². The molecule has 0 radical (unpaired) electrons. The second-order valence-electron chi connectivity index (χ2n) is 6.90. The Hall–Kier alpha value is -0.620. The molecule has 1 saturated heterocycles. The van der Waals surface area contributed by atoms with E-state index < -0.39 is 16.4 Å². The smallest absolute Gasteiger partial charge is 0.410 e. The lowest BCUT2D eigenvalue weighted by atomic mass is 9.98. The van der Waals surface area contributed by atoms with Gasteiger partial charge in [-0.15, -0.1) is 0 Å². The van der Waals surface area contributed by atoms with Crippen molar-refractivity contribution < 1.29 is 13.7 Å². The summed E-state index contributed by atoms with van der Waals surface area (Å²) in [4.78, 5) is 13.9. The zero-order chi connectivity index (χ0) is 16.0. The molecule has 3 unspecified atom stereocenters. The summed E-state index contributed by atoms with van der Waals surface area (Å²) in [5, 5.41) is 3.53. The van der Waals surface area contributed by atoms with Crippen molar-refractivity contribution in [1.29, 1.82) is 0 Å². The van der Waals surface area contributed by atoms with Crippen LogP contribution in [0.3, 0.4) is 0 Å². The number of carbonyl (C=O) groups is 1. The number of nitrogens with one attached hydrogen (secondary N) is 1. The number of nitrogens with zero attached hydrogens (tertiary/aromatic N) is 1. The molecule has 0 aromatic carbocycles.